The summed E-state index contributed by atoms with van der Waals surface area (Å²) in [5.41, 5.74) is 0.821. The van der Waals surface area contributed by atoms with Gasteiger partial charge in [0.15, 0.2) is 5.75 Å². The summed E-state index contributed by atoms with van der Waals surface area (Å²) in [6, 6.07) is 13.2. The number of rotatable bonds is 7. The van der Waals surface area contributed by atoms with E-state index in [1.807, 2.05) is 37.3 Å². The van der Waals surface area contributed by atoms with E-state index < -0.39 is 34.2 Å². The van der Waals surface area contributed by atoms with Gasteiger partial charge in [-0.05, 0) is 31.5 Å². The molecule has 198 valence electrons. The number of hydrogen-bond acceptors (Lipinski definition) is 10. The molecule has 0 radical (unpaired) electrons. The number of benzene rings is 2. The monoisotopic (exact) mass is 537 g/mol. The molecule has 3 aromatic rings. The van der Waals surface area contributed by atoms with E-state index in [9.17, 15) is 19.7 Å². The molecule has 0 bridgehead atoms. The second-order valence-corrected chi connectivity index (χ2v) is 9.66. The van der Waals surface area contributed by atoms with Crippen LogP contribution in [0.3, 0.4) is 0 Å². The van der Waals surface area contributed by atoms with Crippen molar-refractivity contribution in [1.82, 2.24) is 10.3 Å². The van der Waals surface area contributed by atoms with Crippen LogP contribution < -0.4 is 10.1 Å². The number of nitro groups is 1. The fourth-order valence-corrected chi connectivity index (χ4v) is 6.18. The zero-order valence-electron chi connectivity index (χ0n) is 21.5. The molecule has 3 unspecified atom stereocenters. The molecule has 0 aliphatic carbocycles. The van der Waals surface area contributed by atoms with Crippen LogP contribution in [0.5, 0.6) is 5.75 Å². The number of carbonyl (C=O) groups excluding carboxylic acids is 2. The quantitative estimate of drug-likeness (QED) is 0.265. The van der Waals surface area contributed by atoms with Crippen molar-refractivity contribution in [2.75, 3.05) is 21.3 Å². The van der Waals surface area contributed by atoms with Gasteiger partial charge in [0, 0.05) is 28.7 Å². The van der Waals surface area contributed by atoms with Crippen LogP contribution in [-0.4, -0.2) is 49.2 Å². The van der Waals surface area contributed by atoms with Gasteiger partial charge in [0.05, 0.1) is 43.4 Å². The van der Waals surface area contributed by atoms with E-state index in [0.717, 1.165) is 0 Å². The topological polar surface area (TPSA) is 130 Å². The third-order valence-electron chi connectivity index (χ3n) is 6.88. The Morgan fingerprint density at radius 3 is 2.42 bits per heavy atom. The smallest absolute Gasteiger partial charge is 0.336 e. The maximum Gasteiger partial charge on any atom is 0.336 e. The van der Waals surface area contributed by atoms with Gasteiger partial charge < -0.3 is 19.5 Å². The first kappa shape index (κ1) is 26.8. The number of thiazole rings is 1. The Balaban J connectivity index is 1.98. The summed E-state index contributed by atoms with van der Waals surface area (Å²) < 4.78 is 15.6. The molecule has 10 nitrogen and oxygen atoms in total. The van der Waals surface area contributed by atoms with Gasteiger partial charge >= 0.3 is 17.6 Å². The van der Waals surface area contributed by atoms with E-state index >= 15 is 0 Å². The summed E-state index contributed by atoms with van der Waals surface area (Å²) >= 11 is 1.25. The summed E-state index contributed by atoms with van der Waals surface area (Å²) in [7, 11) is 3.95. The fourth-order valence-electron chi connectivity index (χ4n) is 5.17. The highest BCUT2D eigenvalue weighted by atomic mass is 32.1. The number of carbonyl (C=O) groups is 2. The number of aromatic nitrogens is 1. The van der Waals surface area contributed by atoms with Crippen LogP contribution >= 0.6 is 11.3 Å². The van der Waals surface area contributed by atoms with E-state index in [2.05, 4.69) is 5.32 Å². The Morgan fingerprint density at radius 2 is 1.82 bits per heavy atom. The molecular weight excluding hydrogens is 510 g/mol. The molecule has 3 atom stereocenters. The van der Waals surface area contributed by atoms with Crippen molar-refractivity contribution in [2.45, 2.75) is 31.2 Å². The third kappa shape index (κ3) is 4.28. The van der Waals surface area contributed by atoms with E-state index in [4.69, 9.17) is 19.2 Å². The first-order valence-corrected chi connectivity index (χ1v) is 12.6. The Hall–Kier alpha value is -4.25. The highest BCUT2D eigenvalue weighted by Crippen LogP contribution is 2.51. The number of nitro benzene ring substituents is 1. The molecular formula is C27H27N3O7S. The van der Waals surface area contributed by atoms with Crippen LogP contribution in [0.25, 0.3) is 11.3 Å². The second kappa shape index (κ2) is 10.6. The maximum atomic E-state index is 13.8. The molecule has 2 heterocycles. The van der Waals surface area contributed by atoms with Crippen LogP contribution in [-0.2, 0) is 24.5 Å². The van der Waals surface area contributed by atoms with Gasteiger partial charge in [-0.1, -0.05) is 30.3 Å². The van der Waals surface area contributed by atoms with E-state index in [1.165, 1.54) is 44.8 Å². The summed E-state index contributed by atoms with van der Waals surface area (Å²) in [5.74, 6) is -1.89. The Kier molecular flexibility index (Phi) is 7.49. The van der Waals surface area contributed by atoms with Crippen LogP contribution in [0.4, 0.5) is 5.69 Å². The van der Waals surface area contributed by atoms with Crippen molar-refractivity contribution >= 4 is 29.0 Å². The first-order chi connectivity index (χ1) is 18.2. The lowest BCUT2D eigenvalue weighted by atomic mass is 9.61. The first-order valence-electron chi connectivity index (χ1n) is 11.7. The van der Waals surface area contributed by atoms with Crippen molar-refractivity contribution < 1.29 is 28.7 Å². The van der Waals surface area contributed by atoms with Gasteiger partial charge in [0.25, 0.3) is 0 Å². The molecule has 1 aliphatic rings. The SMILES string of the molecule is COC(=O)C1=C(C)NC(C)C(C(=O)OC)(c2ccccc2)C1c1nc(-c2ccc(OC)c([N+](=O)[O-])c2)cs1. The maximum absolute atomic E-state index is 13.8. The fraction of sp³-hybridized carbons (Fsp3) is 0.296. The van der Waals surface area contributed by atoms with Crippen LogP contribution in [0.1, 0.15) is 30.3 Å². The van der Waals surface area contributed by atoms with Crippen LogP contribution in [0.15, 0.2) is 65.2 Å². The standard InChI is InChI=1S/C27H27N3O7S/c1-15-22(25(31)36-4)23(27(16(2)28-15,26(32)37-5)18-9-7-6-8-10-18)24-29-19(14-38-24)17-11-12-21(35-3)20(13-17)30(33)34/h6-14,16,23,28H,1-5H3. The van der Waals surface area contributed by atoms with Crippen molar-refractivity contribution in [3.05, 3.63) is 85.9 Å². The highest BCUT2D eigenvalue weighted by Gasteiger charge is 2.59. The van der Waals surface area contributed by atoms with Gasteiger partial charge in [-0.25, -0.2) is 9.78 Å². The molecule has 0 fully saturated rings. The van der Waals surface area contributed by atoms with Gasteiger partial charge in [0.2, 0.25) is 0 Å². The highest BCUT2D eigenvalue weighted by molar-refractivity contribution is 7.10. The van der Waals surface area contributed by atoms with Crippen molar-refractivity contribution in [2.24, 2.45) is 0 Å². The molecule has 0 saturated carbocycles. The zero-order chi connectivity index (χ0) is 27.6. The summed E-state index contributed by atoms with van der Waals surface area (Å²) in [5, 5.41) is 17.1. The van der Waals surface area contributed by atoms with Gasteiger partial charge in [0.1, 0.15) is 10.4 Å². The Morgan fingerprint density at radius 1 is 1.11 bits per heavy atom. The summed E-state index contributed by atoms with van der Waals surface area (Å²) in [6.07, 6.45) is 0. The predicted octanol–water partition coefficient (Wildman–Crippen LogP) is 4.36. The molecule has 1 N–H and O–H groups in total. The van der Waals surface area contributed by atoms with Crippen LogP contribution in [0, 0.1) is 10.1 Å². The number of methoxy groups -OCH3 is 3. The molecule has 1 aliphatic heterocycles. The predicted molar refractivity (Wildman–Crippen MR) is 141 cm³/mol. The molecule has 11 heteroatoms. The number of allylic oxidation sites excluding steroid dienone is 1. The largest absolute Gasteiger partial charge is 0.490 e. The minimum absolute atomic E-state index is 0.127. The molecule has 2 aromatic carbocycles. The minimum atomic E-state index is -1.37. The van der Waals surface area contributed by atoms with Gasteiger partial charge in [-0.15, -0.1) is 11.3 Å². The van der Waals surface area contributed by atoms with E-state index in [-0.39, 0.29) is 17.0 Å². The van der Waals surface area contributed by atoms with E-state index in [1.54, 1.807) is 18.4 Å². The number of esters is 2. The van der Waals surface area contributed by atoms with Gasteiger partial charge in [-0.3, -0.25) is 14.9 Å². The number of nitrogens with one attached hydrogen (secondary N) is 1. The Bertz CT molecular complexity index is 1420. The zero-order valence-corrected chi connectivity index (χ0v) is 22.3. The molecule has 0 spiro atoms. The van der Waals surface area contributed by atoms with Crippen molar-refractivity contribution in [1.29, 1.82) is 0 Å². The average Bonchev–Trinajstić information content (AvgIpc) is 3.42. The molecule has 0 amide bonds. The number of hydrogen-bond donors (Lipinski definition) is 1. The van der Waals surface area contributed by atoms with Crippen LogP contribution in [0.2, 0.25) is 0 Å². The minimum Gasteiger partial charge on any atom is -0.490 e. The molecule has 1 aromatic heterocycles. The lowest BCUT2D eigenvalue weighted by Crippen LogP contribution is -2.60. The summed E-state index contributed by atoms with van der Waals surface area (Å²) in [4.78, 5) is 42.8. The molecule has 0 saturated heterocycles. The van der Waals surface area contributed by atoms with E-state index in [0.29, 0.717) is 27.5 Å². The Labute approximate surface area is 223 Å². The number of ether oxygens (including phenoxy) is 3. The normalized spacial score (nSPS) is 20.9. The second-order valence-electron chi connectivity index (χ2n) is 8.77. The molecule has 4 rings (SSSR count). The lowest BCUT2D eigenvalue weighted by Gasteiger charge is -2.47. The van der Waals surface area contributed by atoms with Gasteiger partial charge in [-0.2, -0.15) is 0 Å². The number of nitrogens with zero attached hydrogens (tertiary/aromatic N) is 2. The third-order valence-corrected chi connectivity index (χ3v) is 7.79. The lowest BCUT2D eigenvalue weighted by molar-refractivity contribution is -0.385. The molecule has 38 heavy (non-hydrogen) atoms. The average molecular weight is 538 g/mol. The van der Waals surface area contributed by atoms with Crippen molar-refractivity contribution in [3.8, 4) is 17.0 Å². The summed E-state index contributed by atoms with van der Waals surface area (Å²) in [6.45, 7) is 3.61. The van der Waals surface area contributed by atoms with Crippen molar-refractivity contribution in [3.63, 3.8) is 0 Å².